The number of benzene rings is 3. The van der Waals surface area contributed by atoms with Gasteiger partial charge in [-0.3, -0.25) is 4.79 Å². The van der Waals surface area contributed by atoms with E-state index in [1.54, 1.807) is 12.1 Å². The number of halogens is 1. The molecule has 4 aromatic rings. The molecule has 5 heteroatoms. The highest BCUT2D eigenvalue weighted by atomic mass is 35.5. The monoisotopic (exact) mass is 487 g/mol. The number of aryl methyl sites for hydroxylation is 4. The zero-order chi connectivity index (χ0) is 25.3. The molecule has 4 nitrogen and oxygen atoms in total. The van der Waals surface area contributed by atoms with Crippen LogP contribution in [-0.2, 0) is 4.79 Å². The number of hydrogen-bond acceptors (Lipinski definition) is 3. The number of rotatable bonds is 6. The van der Waals surface area contributed by atoms with Gasteiger partial charge >= 0.3 is 0 Å². The van der Waals surface area contributed by atoms with Gasteiger partial charge in [-0.25, -0.2) is 0 Å². The molecule has 0 spiro atoms. The lowest BCUT2D eigenvalue weighted by molar-refractivity contribution is -0.111. The number of hydrogen-bond donors (Lipinski definition) is 1. The number of furan rings is 1. The van der Waals surface area contributed by atoms with Gasteiger partial charge in [0.2, 0.25) is 5.91 Å². The molecule has 180 valence electrons. The topological polar surface area (TPSA) is 51.5 Å². The van der Waals surface area contributed by atoms with Gasteiger partial charge in [0.25, 0.3) is 0 Å². The minimum atomic E-state index is -0.232. The van der Waals surface area contributed by atoms with E-state index in [2.05, 4.69) is 43.4 Å². The van der Waals surface area contributed by atoms with Crippen molar-refractivity contribution >= 4 is 39.7 Å². The van der Waals surface area contributed by atoms with Crippen LogP contribution in [0.1, 0.15) is 41.7 Å². The lowest BCUT2D eigenvalue weighted by Gasteiger charge is -2.15. The molecular formula is C30H30ClNO3. The molecule has 35 heavy (non-hydrogen) atoms. The van der Waals surface area contributed by atoms with Crippen molar-refractivity contribution in [3.63, 3.8) is 0 Å². The SMILES string of the molecule is CCOc1c(/C(C)=C/C(=O)Nc2ccc(C)c(Cl)c2)cc2c(-c3ccc(C)cc3C)coc2c1C. The first-order valence-electron chi connectivity index (χ1n) is 11.7. The number of allylic oxidation sites excluding steroid dienone is 1. The molecule has 0 unspecified atom stereocenters. The number of fused-ring (bicyclic) bond motifs is 1. The Labute approximate surface area is 211 Å². The smallest absolute Gasteiger partial charge is 0.248 e. The predicted molar refractivity (Wildman–Crippen MR) is 145 cm³/mol. The molecule has 0 aliphatic carbocycles. The molecule has 0 radical (unpaired) electrons. The van der Waals surface area contributed by atoms with E-state index in [9.17, 15) is 4.79 Å². The average molecular weight is 488 g/mol. The van der Waals surface area contributed by atoms with Crippen LogP contribution in [0.3, 0.4) is 0 Å². The van der Waals surface area contributed by atoms with Crippen LogP contribution < -0.4 is 10.1 Å². The maximum atomic E-state index is 12.8. The van der Waals surface area contributed by atoms with Crippen LogP contribution in [0.4, 0.5) is 5.69 Å². The van der Waals surface area contributed by atoms with E-state index < -0.39 is 0 Å². The van der Waals surface area contributed by atoms with E-state index in [1.807, 2.05) is 46.1 Å². The van der Waals surface area contributed by atoms with Gasteiger partial charge in [-0.05, 0) is 82.0 Å². The molecule has 0 saturated heterocycles. The second kappa shape index (κ2) is 10.0. The van der Waals surface area contributed by atoms with Crippen molar-refractivity contribution < 1.29 is 13.9 Å². The quantitative estimate of drug-likeness (QED) is 0.277. The Morgan fingerprint density at radius 3 is 2.49 bits per heavy atom. The summed E-state index contributed by atoms with van der Waals surface area (Å²) in [6.07, 6.45) is 3.40. The number of carbonyl (C=O) groups is 1. The van der Waals surface area contributed by atoms with E-state index in [-0.39, 0.29) is 5.91 Å². The summed E-state index contributed by atoms with van der Waals surface area (Å²) in [4.78, 5) is 12.8. The Morgan fingerprint density at radius 1 is 1.03 bits per heavy atom. The van der Waals surface area contributed by atoms with E-state index in [0.29, 0.717) is 17.3 Å². The van der Waals surface area contributed by atoms with Gasteiger partial charge in [-0.2, -0.15) is 0 Å². The standard InChI is InChI=1S/C30H30ClNO3/c1-7-34-29-21(6)30-25(26(16-35-30)23-11-8-17(2)12-19(23)4)15-24(29)20(5)13-28(33)32-22-10-9-18(3)27(31)14-22/h8-16H,7H2,1-6H3,(H,32,33)/b20-13+. The van der Waals surface area contributed by atoms with Gasteiger partial charge in [-0.15, -0.1) is 0 Å². The third-order valence-corrected chi connectivity index (χ3v) is 6.62. The maximum Gasteiger partial charge on any atom is 0.248 e. The summed E-state index contributed by atoms with van der Waals surface area (Å²) in [5, 5.41) is 4.50. The third-order valence-electron chi connectivity index (χ3n) is 6.22. The maximum absolute atomic E-state index is 12.8. The molecule has 0 fully saturated rings. The molecule has 4 rings (SSSR count). The van der Waals surface area contributed by atoms with Crippen LogP contribution in [0, 0.1) is 27.7 Å². The normalized spacial score (nSPS) is 11.7. The lowest BCUT2D eigenvalue weighted by Crippen LogP contribution is -2.09. The lowest BCUT2D eigenvalue weighted by atomic mass is 9.94. The molecule has 1 amide bonds. The molecule has 0 atom stereocenters. The first kappa shape index (κ1) is 24.6. The largest absolute Gasteiger partial charge is 0.493 e. The number of nitrogens with one attached hydrogen (secondary N) is 1. The van der Waals surface area contributed by atoms with Crippen LogP contribution in [0.25, 0.3) is 27.7 Å². The molecule has 3 aromatic carbocycles. The van der Waals surface area contributed by atoms with Gasteiger partial charge in [0.05, 0.1) is 12.9 Å². The summed E-state index contributed by atoms with van der Waals surface area (Å²) in [6.45, 7) is 12.5. The summed E-state index contributed by atoms with van der Waals surface area (Å²) in [7, 11) is 0. The van der Waals surface area contributed by atoms with Crippen LogP contribution in [0.2, 0.25) is 5.02 Å². The average Bonchev–Trinajstić information content (AvgIpc) is 3.22. The summed E-state index contributed by atoms with van der Waals surface area (Å²) in [6, 6.07) is 13.9. The van der Waals surface area contributed by atoms with E-state index in [0.717, 1.165) is 50.1 Å². The van der Waals surface area contributed by atoms with Gasteiger partial charge < -0.3 is 14.5 Å². The molecule has 1 N–H and O–H groups in total. The summed E-state index contributed by atoms with van der Waals surface area (Å²) in [5.74, 6) is 0.492. The first-order valence-corrected chi connectivity index (χ1v) is 12.1. The van der Waals surface area contributed by atoms with Crippen molar-refractivity contribution in [2.45, 2.75) is 41.5 Å². The highest BCUT2D eigenvalue weighted by Crippen LogP contribution is 2.41. The van der Waals surface area contributed by atoms with Crippen molar-refractivity contribution in [2.75, 3.05) is 11.9 Å². The van der Waals surface area contributed by atoms with Gasteiger partial charge in [0.1, 0.15) is 11.3 Å². The number of amides is 1. The molecule has 1 heterocycles. The van der Waals surface area contributed by atoms with Crippen molar-refractivity contribution in [3.05, 3.63) is 87.6 Å². The van der Waals surface area contributed by atoms with E-state index in [1.165, 1.54) is 11.1 Å². The van der Waals surface area contributed by atoms with Crippen LogP contribution in [0.5, 0.6) is 5.75 Å². The fourth-order valence-electron chi connectivity index (χ4n) is 4.39. The summed E-state index contributed by atoms with van der Waals surface area (Å²) < 4.78 is 12.1. The molecule has 0 aliphatic rings. The fourth-order valence-corrected chi connectivity index (χ4v) is 4.57. The van der Waals surface area contributed by atoms with E-state index >= 15 is 0 Å². The Kier molecular flexibility index (Phi) is 7.04. The molecule has 0 bridgehead atoms. The van der Waals surface area contributed by atoms with Crippen molar-refractivity contribution in [2.24, 2.45) is 0 Å². The number of carbonyl (C=O) groups excluding carboxylic acids is 1. The minimum Gasteiger partial charge on any atom is -0.493 e. The van der Waals surface area contributed by atoms with Gasteiger partial charge in [-0.1, -0.05) is 41.4 Å². The van der Waals surface area contributed by atoms with Crippen LogP contribution in [-0.4, -0.2) is 12.5 Å². The van der Waals surface area contributed by atoms with Gasteiger partial charge in [0.15, 0.2) is 0 Å². The van der Waals surface area contributed by atoms with Crippen molar-refractivity contribution in [3.8, 4) is 16.9 Å². The predicted octanol–water partition coefficient (Wildman–Crippen LogP) is 8.43. The van der Waals surface area contributed by atoms with Crippen LogP contribution >= 0.6 is 11.6 Å². The summed E-state index contributed by atoms with van der Waals surface area (Å²) in [5.41, 5.74) is 9.52. The Bertz CT molecular complexity index is 1460. The number of anilines is 1. The van der Waals surface area contributed by atoms with Crippen molar-refractivity contribution in [1.82, 2.24) is 0 Å². The van der Waals surface area contributed by atoms with E-state index in [4.69, 9.17) is 20.8 Å². The minimum absolute atomic E-state index is 0.232. The van der Waals surface area contributed by atoms with Crippen molar-refractivity contribution in [1.29, 1.82) is 0 Å². The Morgan fingerprint density at radius 2 is 1.80 bits per heavy atom. The molecule has 0 aliphatic heterocycles. The highest BCUT2D eigenvalue weighted by molar-refractivity contribution is 6.31. The second-order valence-electron chi connectivity index (χ2n) is 8.94. The fraction of sp³-hybridized carbons (Fsp3) is 0.233. The van der Waals surface area contributed by atoms with Crippen LogP contribution in [0.15, 0.2) is 59.2 Å². The highest BCUT2D eigenvalue weighted by Gasteiger charge is 2.20. The summed E-state index contributed by atoms with van der Waals surface area (Å²) >= 11 is 6.21. The third kappa shape index (κ3) is 4.98. The molecule has 0 saturated carbocycles. The zero-order valence-electron chi connectivity index (χ0n) is 21.0. The zero-order valence-corrected chi connectivity index (χ0v) is 21.8. The Hall–Kier alpha value is -3.50. The number of ether oxygens (including phenoxy) is 1. The molecule has 1 aromatic heterocycles. The Balaban J connectivity index is 1.79. The second-order valence-corrected chi connectivity index (χ2v) is 9.34. The first-order chi connectivity index (χ1) is 16.7. The molecular weight excluding hydrogens is 458 g/mol. The van der Waals surface area contributed by atoms with Gasteiger partial charge in [0, 0.05) is 38.9 Å².